The normalized spacial score (nSPS) is 10.5. The van der Waals surface area contributed by atoms with Crippen LogP contribution in [-0.4, -0.2) is 19.7 Å². The van der Waals surface area contributed by atoms with Crippen molar-refractivity contribution in [1.29, 1.82) is 0 Å². The summed E-state index contributed by atoms with van der Waals surface area (Å²) in [4.78, 5) is 31.7. The van der Waals surface area contributed by atoms with Gasteiger partial charge in [0, 0.05) is 11.1 Å². The van der Waals surface area contributed by atoms with Crippen LogP contribution in [0.5, 0.6) is 0 Å². The maximum atomic E-state index is 12.0. The van der Waals surface area contributed by atoms with Crippen molar-refractivity contribution in [3.63, 3.8) is 0 Å². The van der Waals surface area contributed by atoms with Gasteiger partial charge < -0.3 is 5.43 Å². The van der Waals surface area contributed by atoms with E-state index in [1.165, 1.54) is 17.1 Å². The van der Waals surface area contributed by atoms with Crippen LogP contribution in [0.15, 0.2) is 22.0 Å². The number of aromatic amines is 1. The second-order valence-electron chi connectivity index (χ2n) is 4.12. The summed E-state index contributed by atoms with van der Waals surface area (Å²) in [6.45, 7) is 3.38. The number of hydrogen-bond donors (Lipinski definition) is 3. The molecular formula is C11H14N6O2. The SMILES string of the molecule is Cc1c(C)c(=O)n(Cc2cnc(NN)cn2)[nH]c1=O. The Bertz CT molecular complexity index is 701. The quantitative estimate of drug-likeness (QED) is 0.496. The van der Waals surface area contributed by atoms with E-state index in [-0.39, 0.29) is 17.7 Å². The van der Waals surface area contributed by atoms with Crippen LogP contribution in [0, 0.1) is 13.8 Å². The molecule has 0 aromatic carbocycles. The highest BCUT2D eigenvalue weighted by Crippen LogP contribution is 2.00. The molecule has 0 unspecified atom stereocenters. The third-order valence-electron chi connectivity index (χ3n) is 2.88. The smallest absolute Gasteiger partial charge is 0.268 e. The van der Waals surface area contributed by atoms with E-state index in [1.54, 1.807) is 13.8 Å². The van der Waals surface area contributed by atoms with Gasteiger partial charge in [-0.2, -0.15) is 0 Å². The molecule has 2 aromatic heterocycles. The van der Waals surface area contributed by atoms with Crippen molar-refractivity contribution in [3.8, 4) is 0 Å². The molecule has 0 aliphatic carbocycles. The van der Waals surface area contributed by atoms with Crippen LogP contribution in [0.1, 0.15) is 16.8 Å². The molecule has 100 valence electrons. The van der Waals surface area contributed by atoms with E-state index >= 15 is 0 Å². The molecule has 8 nitrogen and oxygen atoms in total. The summed E-state index contributed by atoms with van der Waals surface area (Å²) in [6, 6.07) is 0. The lowest BCUT2D eigenvalue weighted by atomic mass is 10.2. The van der Waals surface area contributed by atoms with Crippen molar-refractivity contribution < 1.29 is 0 Å². The van der Waals surface area contributed by atoms with Crippen LogP contribution in [0.3, 0.4) is 0 Å². The van der Waals surface area contributed by atoms with Gasteiger partial charge >= 0.3 is 0 Å². The fraction of sp³-hybridized carbons (Fsp3) is 0.273. The largest absolute Gasteiger partial charge is 0.307 e. The van der Waals surface area contributed by atoms with Gasteiger partial charge in [0.2, 0.25) is 0 Å². The Labute approximate surface area is 108 Å². The van der Waals surface area contributed by atoms with Crippen LogP contribution >= 0.6 is 0 Å². The summed E-state index contributed by atoms with van der Waals surface area (Å²) in [5.74, 6) is 5.60. The average Bonchev–Trinajstić information content (AvgIpc) is 2.43. The predicted octanol–water partition coefficient (Wildman–Crippen LogP) is -0.723. The third kappa shape index (κ3) is 2.52. The molecule has 0 saturated carbocycles. The Morgan fingerprint density at radius 3 is 2.58 bits per heavy atom. The fourth-order valence-corrected chi connectivity index (χ4v) is 1.57. The Balaban J connectivity index is 2.38. The number of hydrogen-bond acceptors (Lipinski definition) is 6. The molecular weight excluding hydrogens is 248 g/mol. The molecule has 2 rings (SSSR count). The summed E-state index contributed by atoms with van der Waals surface area (Å²) in [7, 11) is 0. The van der Waals surface area contributed by atoms with Crippen LogP contribution in [0.4, 0.5) is 5.82 Å². The molecule has 0 bridgehead atoms. The molecule has 0 aliphatic rings. The molecule has 0 fully saturated rings. The molecule has 0 radical (unpaired) electrons. The number of aromatic nitrogens is 4. The highest BCUT2D eigenvalue weighted by atomic mass is 16.2. The van der Waals surface area contributed by atoms with Crippen molar-refractivity contribution in [3.05, 3.63) is 49.9 Å². The number of nitrogens with zero attached hydrogens (tertiary/aromatic N) is 3. The zero-order valence-electron chi connectivity index (χ0n) is 10.6. The molecule has 0 aliphatic heterocycles. The number of nitrogens with one attached hydrogen (secondary N) is 2. The molecule has 0 atom stereocenters. The number of nitrogens with two attached hydrogens (primary N) is 1. The van der Waals surface area contributed by atoms with Gasteiger partial charge in [-0.15, -0.1) is 0 Å². The second-order valence-corrected chi connectivity index (χ2v) is 4.12. The lowest BCUT2D eigenvalue weighted by molar-refractivity contribution is 0.607. The molecule has 2 heterocycles. The maximum absolute atomic E-state index is 12.0. The Morgan fingerprint density at radius 2 is 2.00 bits per heavy atom. The standard InChI is InChI=1S/C11H14N6O2/c1-6-7(2)11(19)17(16-10(6)18)5-8-3-14-9(15-12)4-13-8/h3-4H,5,12H2,1-2H3,(H,14,15)(H,16,18). The predicted molar refractivity (Wildman–Crippen MR) is 69.7 cm³/mol. The minimum atomic E-state index is -0.287. The van der Waals surface area contributed by atoms with E-state index in [1.807, 2.05) is 0 Å². The van der Waals surface area contributed by atoms with Gasteiger partial charge in [-0.1, -0.05) is 0 Å². The van der Waals surface area contributed by atoms with E-state index in [4.69, 9.17) is 5.84 Å². The van der Waals surface area contributed by atoms with Crippen molar-refractivity contribution in [1.82, 2.24) is 19.7 Å². The number of anilines is 1. The first kappa shape index (κ1) is 13.0. The number of nitrogen functional groups attached to an aromatic ring is 1. The first-order valence-corrected chi connectivity index (χ1v) is 5.60. The molecule has 0 saturated heterocycles. The first-order valence-electron chi connectivity index (χ1n) is 5.60. The third-order valence-corrected chi connectivity index (χ3v) is 2.88. The van der Waals surface area contributed by atoms with Gasteiger partial charge in [0.1, 0.15) is 0 Å². The van der Waals surface area contributed by atoms with Gasteiger partial charge in [0.15, 0.2) is 5.82 Å². The summed E-state index contributed by atoms with van der Waals surface area (Å²) in [5.41, 5.74) is 3.21. The lowest BCUT2D eigenvalue weighted by Crippen LogP contribution is -2.33. The topological polar surface area (TPSA) is 119 Å². The summed E-state index contributed by atoms with van der Waals surface area (Å²) >= 11 is 0. The number of rotatable bonds is 3. The van der Waals surface area contributed by atoms with Gasteiger partial charge in [-0.25, -0.2) is 15.5 Å². The molecule has 19 heavy (non-hydrogen) atoms. The Morgan fingerprint density at radius 1 is 1.26 bits per heavy atom. The summed E-state index contributed by atoms with van der Waals surface area (Å²) in [6.07, 6.45) is 2.93. The van der Waals surface area contributed by atoms with E-state index in [2.05, 4.69) is 20.5 Å². The zero-order valence-corrected chi connectivity index (χ0v) is 10.6. The molecule has 0 spiro atoms. The molecule has 2 aromatic rings. The fourth-order valence-electron chi connectivity index (χ4n) is 1.57. The highest BCUT2D eigenvalue weighted by Gasteiger charge is 2.08. The van der Waals surface area contributed by atoms with E-state index in [0.29, 0.717) is 22.6 Å². The van der Waals surface area contributed by atoms with Crippen LogP contribution in [-0.2, 0) is 6.54 Å². The highest BCUT2D eigenvalue weighted by molar-refractivity contribution is 5.28. The minimum absolute atomic E-state index is 0.146. The molecule has 0 amide bonds. The van der Waals surface area contributed by atoms with Gasteiger partial charge in [0.25, 0.3) is 11.1 Å². The van der Waals surface area contributed by atoms with E-state index in [0.717, 1.165) is 0 Å². The van der Waals surface area contributed by atoms with Gasteiger partial charge in [0.05, 0.1) is 24.6 Å². The Hall–Kier alpha value is -2.48. The van der Waals surface area contributed by atoms with Crippen molar-refractivity contribution in [2.75, 3.05) is 5.43 Å². The van der Waals surface area contributed by atoms with Crippen LogP contribution in [0.2, 0.25) is 0 Å². The van der Waals surface area contributed by atoms with E-state index < -0.39 is 0 Å². The maximum Gasteiger partial charge on any atom is 0.268 e. The van der Waals surface area contributed by atoms with Crippen molar-refractivity contribution in [2.45, 2.75) is 20.4 Å². The molecule has 4 N–H and O–H groups in total. The summed E-state index contributed by atoms with van der Waals surface area (Å²) in [5, 5.41) is 2.50. The minimum Gasteiger partial charge on any atom is -0.307 e. The van der Waals surface area contributed by atoms with Crippen molar-refractivity contribution >= 4 is 5.82 Å². The van der Waals surface area contributed by atoms with Crippen LogP contribution in [0.25, 0.3) is 0 Å². The number of H-pyrrole nitrogens is 1. The molecule has 8 heteroatoms. The number of hydrazine groups is 1. The van der Waals surface area contributed by atoms with Gasteiger partial charge in [-0.05, 0) is 13.8 Å². The van der Waals surface area contributed by atoms with E-state index in [9.17, 15) is 9.59 Å². The first-order chi connectivity index (χ1) is 9.02. The monoisotopic (exact) mass is 262 g/mol. The van der Waals surface area contributed by atoms with Crippen LogP contribution < -0.4 is 22.4 Å². The second kappa shape index (κ2) is 5.02. The zero-order chi connectivity index (χ0) is 14.0. The lowest BCUT2D eigenvalue weighted by Gasteiger charge is -2.07. The average molecular weight is 262 g/mol. The van der Waals surface area contributed by atoms with Gasteiger partial charge in [-0.3, -0.25) is 19.7 Å². The van der Waals surface area contributed by atoms with Crippen molar-refractivity contribution in [2.24, 2.45) is 5.84 Å². The summed E-state index contributed by atoms with van der Waals surface area (Å²) < 4.78 is 1.21. The Kier molecular flexibility index (Phi) is 3.43.